The molecule has 0 atom stereocenters. The fraction of sp³-hybridized carbons (Fsp3) is 0.154. The van der Waals surface area contributed by atoms with Gasteiger partial charge in [0.05, 0.1) is 14.3 Å². The summed E-state index contributed by atoms with van der Waals surface area (Å²) in [5.41, 5.74) is -0.404. The number of carbonyl (C=O) groups is 1. The van der Waals surface area contributed by atoms with E-state index >= 15 is 0 Å². The van der Waals surface area contributed by atoms with Crippen LogP contribution in [0.1, 0.15) is 14.5 Å². The average molecular weight is 374 g/mol. The van der Waals surface area contributed by atoms with E-state index in [0.29, 0.717) is 4.88 Å². The number of carbonyl (C=O) groups excluding carboxylic acids is 1. The summed E-state index contributed by atoms with van der Waals surface area (Å²) in [6, 6.07) is 5.33. The molecule has 2 rings (SSSR count). The van der Waals surface area contributed by atoms with Crippen LogP contribution in [-0.2, 0) is 0 Å². The quantitative estimate of drug-likeness (QED) is 0.448. The van der Waals surface area contributed by atoms with Gasteiger partial charge in [0, 0.05) is 17.0 Å². The van der Waals surface area contributed by atoms with Gasteiger partial charge in [-0.3, -0.25) is 14.9 Å². The smallest absolute Gasteiger partial charge is 0.312 e. The minimum atomic E-state index is -0.699. The Hall–Kier alpha value is -1.80. The van der Waals surface area contributed by atoms with Crippen molar-refractivity contribution < 1.29 is 18.8 Å². The molecule has 0 saturated heterocycles. The molecule has 21 heavy (non-hydrogen) atoms. The molecule has 1 heterocycles. The predicted molar refractivity (Wildman–Crippen MR) is 79.6 cm³/mol. The number of Topliss-reactive ketones (excluding diaryl/α,β-unsaturated/α-hetero) is 1. The van der Waals surface area contributed by atoms with Crippen molar-refractivity contribution in [3.05, 3.63) is 54.4 Å². The molecule has 0 aliphatic heterocycles. The number of ketones is 1. The van der Waals surface area contributed by atoms with E-state index in [4.69, 9.17) is 4.74 Å². The Bertz CT molecular complexity index is 716. The highest BCUT2D eigenvalue weighted by Crippen LogP contribution is 2.32. The van der Waals surface area contributed by atoms with Gasteiger partial charge in [-0.15, -0.1) is 11.3 Å². The molecule has 1 aromatic carbocycles. The van der Waals surface area contributed by atoms with Crippen molar-refractivity contribution in [2.45, 2.75) is 6.92 Å². The Kier molecular flexibility index (Phi) is 4.69. The first-order valence-electron chi connectivity index (χ1n) is 5.74. The van der Waals surface area contributed by atoms with E-state index in [1.165, 1.54) is 11.3 Å². The summed E-state index contributed by atoms with van der Waals surface area (Å²) in [5, 5.41) is 10.9. The Labute approximate surface area is 131 Å². The van der Waals surface area contributed by atoms with E-state index in [1.54, 1.807) is 12.1 Å². The zero-order chi connectivity index (χ0) is 15.6. The van der Waals surface area contributed by atoms with Crippen molar-refractivity contribution in [1.29, 1.82) is 0 Å². The maximum atomic E-state index is 13.4. The van der Waals surface area contributed by atoms with Crippen LogP contribution in [0.5, 0.6) is 5.75 Å². The van der Waals surface area contributed by atoms with E-state index in [-0.39, 0.29) is 22.6 Å². The first-order valence-corrected chi connectivity index (χ1v) is 7.35. The number of halogens is 2. The molecule has 0 unspecified atom stereocenters. The number of nitro groups is 1. The molecule has 0 aliphatic carbocycles. The Balaban J connectivity index is 2.18. The molecule has 0 amide bonds. The molecule has 0 spiro atoms. The Morgan fingerprint density at radius 2 is 2.19 bits per heavy atom. The van der Waals surface area contributed by atoms with E-state index in [9.17, 15) is 19.3 Å². The van der Waals surface area contributed by atoms with Crippen molar-refractivity contribution in [1.82, 2.24) is 0 Å². The highest BCUT2D eigenvalue weighted by atomic mass is 79.9. The molecule has 110 valence electrons. The van der Waals surface area contributed by atoms with Crippen LogP contribution >= 0.6 is 27.3 Å². The predicted octanol–water partition coefficient (Wildman–Crippen LogP) is 4.13. The lowest BCUT2D eigenvalue weighted by Gasteiger charge is -2.06. The van der Waals surface area contributed by atoms with E-state index in [2.05, 4.69) is 15.9 Å². The second-order valence-electron chi connectivity index (χ2n) is 4.11. The third kappa shape index (κ3) is 3.64. The summed E-state index contributed by atoms with van der Waals surface area (Å²) in [6.45, 7) is 1.47. The van der Waals surface area contributed by atoms with Crippen molar-refractivity contribution in [3.63, 3.8) is 0 Å². The summed E-state index contributed by atoms with van der Waals surface area (Å²) in [7, 11) is 0. The van der Waals surface area contributed by atoms with Crippen LogP contribution < -0.4 is 4.74 Å². The number of hydrogen-bond donors (Lipinski definition) is 0. The van der Waals surface area contributed by atoms with Crippen molar-refractivity contribution in [3.8, 4) is 5.75 Å². The highest BCUT2D eigenvalue weighted by molar-refractivity contribution is 9.10. The summed E-state index contributed by atoms with van der Waals surface area (Å²) < 4.78 is 18.5. The van der Waals surface area contributed by atoms with Gasteiger partial charge in [-0.05, 0) is 35.0 Å². The molecule has 0 fully saturated rings. The molecule has 0 saturated carbocycles. The lowest BCUT2D eigenvalue weighted by atomic mass is 10.3. The number of nitrogens with zero attached hydrogens (tertiary/aromatic N) is 1. The maximum absolute atomic E-state index is 13.4. The lowest BCUT2D eigenvalue weighted by Crippen LogP contribution is -2.11. The fourth-order valence-corrected chi connectivity index (χ4v) is 2.70. The second-order valence-corrected chi connectivity index (χ2v) is 6.26. The van der Waals surface area contributed by atoms with Crippen molar-refractivity contribution in [2.24, 2.45) is 0 Å². The average Bonchev–Trinajstić information content (AvgIpc) is 2.85. The van der Waals surface area contributed by atoms with Gasteiger partial charge < -0.3 is 4.74 Å². The molecular formula is C13H9BrFNO4S. The molecule has 1 aromatic heterocycles. The molecular weight excluding hydrogens is 365 g/mol. The maximum Gasteiger partial charge on any atom is 0.312 e. The van der Waals surface area contributed by atoms with Crippen LogP contribution in [0, 0.1) is 22.9 Å². The first-order chi connectivity index (χ1) is 9.88. The summed E-state index contributed by atoms with van der Waals surface area (Å²) >= 11 is 4.17. The zero-order valence-corrected chi connectivity index (χ0v) is 13.2. The third-order valence-electron chi connectivity index (χ3n) is 2.57. The van der Waals surface area contributed by atoms with Gasteiger partial charge in [-0.1, -0.05) is 0 Å². The number of benzene rings is 1. The summed E-state index contributed by atoms with van der Waals surface area (Å²) in [4.78, 5) is 23.5. The van der Waals surface area contributed by atoms with E-state index in [0.717, 1.165) is 17.0 Å². The lowest BCUT2D eigenvalue weighted by molar-refractivity contribution is -0.385. The Morgan fingerprint density at radius 1 is 1.48 bits per heavy atom. The first kappa shape index (κ1) is 15.6. The largest absolute Gasteiger partial charge is 0.478 e. The topological polar surface area (TPSA) is 69.4 Å². The molecule has 8 heteroatoms. The van der Waals surface area contributed by atoms with Gasteiger partial charge in [0.1, 0.15) is 5.82 Å². The van der Waals surface area contributed by atoms with Crippen LogP contribution in [0.25, 0.3) is 0 Å². The van der Waals surface area contributed by atoms with Crippen LogP contribution in [0.2, 0.25) is 0 Å². The van der Waals surface area contributed by atoms with Crippen LogP contribution in [0.4, 0.5) is 10.1 Å². The molecule has 5 nitrogen and oxygen atoms in total. The second kappa shape index (κ2) is 6.31. The third-order valence-corrected chi connectivity index (χ3v) is 4.22. The molecule has 2 aromatic rings. The van der Waals surface area contributed by atoms with Crippen LogP contribution in [-0.4, -0.2) is 17.3 Å². The summed E-state index contributed by atoms with van der Waals surface area (Å²) in [6.07, 6.45) is 0. The van der Waals surface area contributed by atoms with E-state index < -0.39 is 16.4 Å². The number of rotatable bonds is 5. The van der Waals surface area contributed by atoms with Gasteiger partial charge in [0.25, 0.3) is 0 Å². The fourth-order valence-electron chi connectivity index (χ4n) is 1.58. The minimum Gasteiger partial charge on any atom is -0.478 e. The van der Waals surface area contributed by atoms with Crippen molar-refractivity contribution in [2.75, 3.05) is 6.61 Å². The molecule has 0 N–H and O–H groups in total. The number of nitro benzene ring substituents is 1. The minimum absolute atomic E-state index is 0.0400. The highest BCUT2D eigenvalue weighted by Gasteiger charge is 2.20. The van der Waals surface area contributed by atoms with Crippen LogP contribution in [0.3, 0.4) is 0 Å². The van der Waals surface area contributed by atoms with Crippen molar-refractivity contribution >= 4 is 38.7 Å². The number of thiophene rings is 1. The monoisotopic (exact) mass is 373 g/mol. The number of aryl methyl sites for hydroxylation is 1. The van der Waals surface area contributed by atoms with Gasteiger partial charge in [-0.25, -0.2) is 4.39 Å². The van der Waals surface area contributed by atoms with Crippen LogP contribution in [0.15, 0.2) is 28.7 Å². The van der Waals surface area contributed by atoms with Gasteiger partial charge in [0.2, 0.25) is 11.5 Å². The zero-order valence-electron chi connectivity index (χ0n) is 10.8. The molecule has 0 radical (unpaired) electrons. The SMILES string of the molecule is Cc1ccc(C(=O)COc2cc(F)c(Br)cc2[N+](=O)[O-])s1. The Morgan fingerprint density at radius 3 is 2.76 bits per heavy atom. The normalized spacial score (nSPS) is 10.4. The summed E-state index contributed by atoms with van der Waals surface area (Å²) in [5.74, 6) is -1.29. The van der Waals surface area contributed by atoms with E-state index in [1.807, 2.05) is 6.92 Å². The van der Waals surface area contributed by atoms with Gasteiger partial charge >= 0.3 is 5.69 Å². The number of ether oxygens (including phenoxy) is 1. The molecule has 0 aliphatic rings. The standard InChI is InChI=1S/C13H9BrFNO4S/c1-7-2-3-13(21-7)11(17)6-20-12-5-9(15)8(14)4-10(12)16(18)19/h2-5H,6H2,1H3. The number of hydrogen-bond acceptors (Lipinski definition) is 5. The van der Waals surface area contributed by atoms with Gasteiger partial charge in [0.15, 0.2) is 6.61 Å². The van der Waals surface area contributed by atoms with Gasteiger partial charge in [-0.2, -0.15) is 0 Å². The molecule has 0 bridgehead atoms.